The van der Waals surface area contributed by atoms with Gasteiger partial charge < -0.3 is 10.0 Å². The van der Waals surface area contributed by atoms with Gasteiger partial charge in [0.1, 0.15) is 12.0 Å². The first kappa shape index (κ1) is 12.9. The van der Waals surface area contributed by atoms with E-state index in [0.29, 0.717) is 18.9 Å². The highest BCUT2D eigenvalue weighted by molar-refractivity contribution is 5.67. The Balaban J connectivity index is 2.75. The van der Waals surface area contributed by atoms with Crippen LogP contribution in [0.2, 0.25) is 0 Å². The molecular weight excluding hydrogens is 226 g/mol. The van der Waals surface area contributed by atoms with Crippen molar-refractivity contribution in [1.82, 2.24) is 4.98 Å². The van der Waals surface area contributed by atoms with Gasteiger partial charge in [0.25, 0.3) is 5.69 Å². The largest absolute Gasteiger partial charge is 0.481 e. The summed E-state index contributed by atoms with van der Waals surface area (Å²) in [6.07, 6.45) is 1.17. The Hall–Kier alpha value is -2.18. The first-order chi connectivity index (χ1) is 8.04. The standard InChI is InChI=1S/C10H13N3O4/c1-2-12(6-5-10(14)15)9-4-3-8(7-11-9)13(16)17/h3-4,7H,2,5-6H2,1H3,(H,14,15). The van der Waals surface area contributed by atoms with E-state index in [1.807, 2.05) is 6.92 Å². The van der Waals surface area contributed by atoms with Gasteiger partial charge in [-0.05, 0) is 13.0 Å². The van der Waals surface area contributed by atoms with Crippen LogP contribution in [0.1, 0.15) is 13.3 Å². The number of pyridine rings is 1. The van der Waals surface area contributed by atoms with Gasteiger partial charge in [-0.3, -0.25) is 14.9 Å². The van der Waals surface area contributed by atoms with Crippen molar-refractivity contribution in [2.75, 3.05) is 18.0 Å². The van der Waals surface area contributed by atoms with Gasteiger partial charge in [-0.25, -0.2) is 4.98 Å². The van der Waals surface area contributed by atoms with Crippen molar-refractivity contribution in [2.24, 2.45) is 0 Å². The Kier molecular flexibility index (Phi) is 4.38. The number of nitrogens with zero attached hydrogens (tertiary/aromatic N) is 3. The molecule has 1 N–H and O–H groups in total. The van der Waals surface area contributed by atoms with E-state index in [2.05, 4.69) is 4.98 Å². The minimum absolute atomic E-state index is 0.00646. The molecule has 0 spiro atoms. The highest BCUT2D eigenvalue weighted by Gasteiger charge is 2.10. The number of hydrogen-bond donors (Lipinski definition) is 1. The molecule has 0 aromatic carbocycles. The number of anilines is 1. The maximum Gasteiger partial charge on any atom is 0.305 e. The van der Waals surface area contributed by atoms with Crippen molar-refractivity contribution >= 4 is 17.5 Å². The molecule has 1 aromatic heterocycles. The van der Waals surface area contributed by atoms with Crippen molar-refractivity contribution in [1.29, 1.82) is 0 Å². The summed E-state index contributed by atoms with van der Waals surface area (Å²) >= 11 is 0. The van der Waals surface area contributed by atoms with E-state index in [9.17, 15) is 14.9 Å². The van der Waals surface area contributed by atoms with Crippen molar-refractivity contribution < 1.29 is 14.8 Å². The molecule has 7 heteroatoms. The third kappa shape index (κ3) is 3.71. The third-order valence-electron chi connectivity index (χ3n) is 2.24. The Labute approximate surface area is 97.8 Å². The SMILES string of the molecule is CCN(CCC(=O)O)c1ccc([N+](=O)[O-])cn1. The van der Waals surface area contributed by atoms with Crippen LogP contribution in [0, 0.1) is 10.1 Å². The van der Waals surface area contributed by atoms with Gasteiger partial charge in [-0.15, -0.1) is 0 Å². The predicted octanol–water partition coefficient (Wildman–Crippen LogP) is 1.29. The van der Waals surface area contributed by atoms with Gasteiger partial charge in [0.2, 0.25) is 0 Å². The summed E-state index contributed by atoms with van der Waals surface area (Å²) in [4.78, 5) is 26.1. The molecular formula is C10H13N3O4. The molecule has 0 radical (unpaired) electrons. The average molecular weight is 239 g/mol. The van der Waals surface area contributed by atoms with Crippen LogP contribution < -0.4 is 4.90 Å². The topological polar surface area (TPSA) is 96.6 Å². The number of carboxylic acids is 1. The third-order valence-corrected chi connectivity index (χ3v) is 2.24. The number of nitro groups is 1. The van der Waals surface area contributed by atoms with E-state index in [1.54, 1.807) is 4.90 Å². The average Bonchev–Trinajstić information content (AvgIpc) is 2.30. The lowest BCUT2D eigenvalue weighted by molar-refractivity contribution is -0.385. The number of carboxylic acid groups (broad SMARTS) is 1. The minimum atomic E-state index is -0.884. The Morgan fingerprint density at radius 3 is 2.71 bits per heavy atom. The Morgan fingerprint density at radius 1 is 1.59 bits per heavy atom. The number of rotatable bonds is 6. The fraction of sp³-hybridized carbons (Fsp3) is 0.400. The smallest absolute Gasteiger partial charge is 0.305 e. The van der Waals surface area contributed by atoms with Crippen molar-refractivity contribution in [3.8, 4) is 0 Å². The zero-order chi connectivity index (χ0) is 12.8. The van der Waals surface area contributed by atoms with Crippen LogP contribution in [-0.2, 0) is 4.79 Å². The number of hydrogen-bond acceptors (Lipinski definition) is 5. The monoisotopic (exact) mass is 239 g/mol. The molecule has 0 fully saturated rings. The zero-order valence-corrected chi connectivity index (χ0v) is 9.37. The molecule has 92 valence electrons. The molecule has 1 aromatic rings. The molecule has 0 aliphatic heterocycles. The van der Waals surface area contributed by atoms with Gasteiger partial charge in [0, 0.05) is 19.2 Å². The highest BCUT2D eigenvalue weighted by atomic mass is 16.6. The molecule has 0 amide bonds. The summed E-state index contributed by atoms with van der Waals surface area (Å²) in [5.74, 6) is -0.343. The summed E-state index contributed by atoms with van der Waals surface area (Å²) in [5.41, 5.74) is -0.0805. The van der Waals surface area contributed by atoms with E-state index < -0.39 is 10.9 Å². The van der Waals surface area contributed by atoms with Crippen LogP contribution in [0.25, 0.3) is 0 Å². The van der Waals surface area contributed by atoms with Crippen molar-refractivity contribution in [2.45, 2.75) is 13.3 Å². The lowest BCUT2D eigenvalue weighted by Crippen LogP contribution is -2.26. The van der Waals surface area contributed by atoms with Gasteiger partial charge in [0.05, 0.1) is 11.3 Å². The van der Waals surface area contributed by atoms with E-state index in [0.717, 1.165) is 0 Å². The molecule has 1 rings (SSSR count). The number of carbonyl (C=O) groups is 1. The fourth-order valence-electron chi connectivity index (χ4n) is 1.34. The van der Waals surface area contributed by atoms with E-state index >= 15 is 0 Å². The zero-order valence-electron chi connectivity index (χ0n) is 9.37. The van der Waals surface area contributed by atoms with Crippen molar-refractivity contribution in [3.63, 3.8) is 0 Å². The minimum Gasteiger partial charge on any atom is -0.481 e. The summed E-state index contributed by atoms with van der Waals surface area (Å²) in [7, 11) is 0. The summed E-state index contributed by atoms with van der Waals surface area (Å²) < 4.78 is 0. The maximum absolute atomic E-state index is 10.5. The molecule has 1 heterocycles. The van der Waals surface area contributed by atoms with Gasteiger partial charge in [-0.2, -0.15) is 0 Å². The lowest BCUT2D eigenvalue weighted by Gasteiger charge is -2.20. The first-order valence-corrected chi connectivity index (χ1v) is 5.11. The molecule has 17 heavy (non-hydrogen) atoms. The molecule has 0 aliphatic carbocycles. The van der Waals surface area contributed by atoms with Crippen LogP contribution in [-0.4, -0.2) is 34.1 Å². The van der Waals surface area contributed by atoms with Crippen LogP contribution in [0.4, 0.5) is 11.5 Å². The van der Waals surface area contributed by atoms with Gasteiger partial charge >= 0.3 is 5.97 Å². The van der Waals surface area contributed by atoms with Crippen LogP contribution in [0.3, 0.4) is 0 Å². The molecule has 7 nitrogen and oxygen atoms in total. The summed E-state index contributed by atoms with van der Waals surface area (Å²) in [6.45, 7) is 2.79. The quantitative estimate of drug-likeness (QED) is 0.593. The first-order valence-electron chi connectivity index (χ1n) is 5.11. The number of aromatic nitrogens is 1. The molecule has 0 unspecified atom stereocenters. The molecule has 0 saturated carbocycles. The predicted molar refractivity (Wildman–Crippen MR) is 61.0 cm³/mol. The molecule has 0 aliphatic rings. The molecule has 0 saturated heterocycles. The molecule has 0 bridgehead atoms. The van der Waals surface area contributed by atoms with Crippen LogP contribution in [0.15, 0.2) is 18.3 Å². The molecule has 0 atom stereocenters. The second-order valence-corrected chi connectivity index (χ2v) is 3.36. The number of aliphatic carboxylic acids is 1. The van der Waals surface area contributed by atoms with E-state index in [4.69, 9.17) is 5.11 Å². The Bertz CT molecular complexity index is 405. The van der Waals surface area contributed by atoms with Gasteiger partial charge in [-0.1, -0.05) is 0 Å². The maximum atomic E-state index is 10.5. The fourth-order valence-corrected chi connectivity index (χ4v) is 1.34. The van der Waals surface area contributed by atoms with E-state index in [1.165, 1.54) is 18.3 Å². The van der Waals surface area contributed by atoms with Crippen LogP contribution >= 0.6 is 0 Å². The van der Waals surface area contributed by atoms with Gasteiger partial charge in [0.15, 0.2) is 0 Å². The lowest BCUT2D eigenvalue weighted by atomic mass is 10.3. The van der Waals surface area contributed by atoms with Crippen molar-refractivity contribution in [3.05, 3.63) is 28.4 Å². The Morgan fingerprint density at radius 2 is 2.29 bits per heavy atom. The second kappa shape index (κ2) is 5.78. The van der Waals surface area contributed by atoms with E-state index in [-0.39, 0.29) is 12.1 Å². The second-order valence-electron chi connectivity index (χ2n) is 3.36. The summed E-state index contributed by atoms with van der Waals surface area (Å²) in [6, 6.07) is 2.87. The van der Waals surface area contributed by atoms with Crippen LogP contribution in [0.5, 0.6) is 0 Å². The summed E-state index contributed by atoms with van der Waals surface area (Å²) in [5, 5.41) is 19.0. The normalized spacial score (nSPS) is 9.94. The highest BCUT2D eigenvalue weighted by Crippen LogP contribution is 2.15.